The number of aromatic nitrogens is 6. The van der Waals surface area contributed by atoms with E-state index >= 15 is 0 Å². The molecule has 3 aliphatic heterocycles. The van der Waals surface area contributed by atoms with E-state index in [4.69, 9.17) is 15.4 Å². The van der Waals surface area contributed by atoms with E-state index in [9.17, 15) is 43.2 Å². The maximum absolute atomic E-state index is 13.1. The molecule has 12 rings (SSSR count). The van der Waals surface area contributed by atoms with Gasteiger partial charge in [0.15, 0.2) is 0 Å². The minimum Gasteiger partial charge on any atom is -0.359 e. The van der Waals surface area contributed by atoms with Gasteiger partial charge in [-0.05, 0) is 172 Å². The number of rotatable bonds is 14. The number of likely N-dealkylation sites (tertiary alicyclic amines) is 2. The molecule has 1 saturated carbocycles. The number of nitrogens with zero attached hydrogens (tertiary/aromatic N) is 8. The van der Waals surface area contributed by atoms with Crippen LogP contribution in [0.4, 0.5) is 49.6 Å². The molecule has 0 unspecified atom stereocenters. The maximum atomic E-state index is 13.1. The maximum Gasteiger partial charge on any atom is 0.401 e. The van der Waals surface area contributed by atoms with Crippen molar-refractivity contribution in [2.24, 2.45) is 10.8 Å². The van der Waals surface area contributed by atoms with Crippen LogP contribution in [-0.4, -0.2) is 140 Å². The Hall–Kier alpha value is -3.85. The lowest BCUT2D eigenvalue weighted by atomic mass is 9.68. The lowest BCUT2D eigenvalue weighted by Crippen LogP contribution is -2.59. The fourth-order valence-electron chi connectivity index (χ4n) is 12.9. The molecule has 0 radical (unpaired) electrons. The van der Waals surface area contributed by atoms with E-state index in [1.807, 2.05) is 0 Å². The summed E-state index contributed by atoms with van der Waals surface area (Å²) in [5, 5.41) is 16.9. The highest BCUT2D eigenvalue weighted by molar-refractivity contribution is 8.13. The monoisotopic (exact) mass is 1160 g/mol. The second-order valence-corrected chi connectivity index (χ2v) is 33.9. The average molecular weight is 1160 g/mol. The predicted octanol–water partition coefficient (Wildman–Crippen LogP) is 9.45. The van der Waals surface area contributed by atoms with Crippen molar-refractivity contribution in [1.29, 1.82) is 0 Å². The molecule has 2 aromatic carbocycles. The Labute approximate surface area is 452 Å². The molecule has 424 valence electrons. The molecule has 5 heterocycles. The Kier molecular flexibility index (Phi) is 15.8. The molecule has 5 aliphatic carbocycles. The SMILES string of the molecule is C[Si](C)(C)CCOCn1nc(S(=O)(=O)Cl)nc1Nc1c2c(cc3c1CCC3)CCC2.FC(F)(F)CN1CCC2(CCC2)C1.O=S(=O)(c1nc(Nc2c3c(cc4c2CCC4)CCC3)n[nH]1)N1CC2(CCN(CC(F)(F)F)C2)C1. The van der Waals surface area contributed by atoms with Crippen molar-refractivity contribution < 1.29 is 47.9 Å². The highest BCUT2D eigenvalue weighted by Gasteiger charge is 2.53. The Morgan fingerprint density at radius 2 is 1.17 bits per heavy atom. The molecule has 0 atom stereocenters. The largest absolute Gasteiger partial charge is 0.401 e. The molecule has 3 N–H and O–H groups in total. The highest BCUT2D eigenvalue weighted by Crippen LogP contribution is 2.49. The topological polar surface area (TPSA) is 184 Å². The summed E-state index contributed by atoms with van der Waals surface area (Å²) in [6.07, 6.45) is 9.56. The molecular formula is C51H70ClF6N11O5S2Si. The van der Waals surface area contributed by atoms with Crippen LogP contribution in [0.5, 0.6) is 0 Å². The highest BCUT2D eigenvalue weighted by atomic mass is 35.7. The predicted molar refractivity (Wildman–Crippen MR) is 283 cm³/mol. The second-order valence-electron chi connectivity index (χ2n) is 24.0. The number of aromatic amines is 1. The first-order valence-corrected chi connectivity index (χ1v) is 34.5. The minimum absolute atomic E-state index is 0.128. The van der Waals surface area contributed by atoms with Crippen LogP contribution in [0.1, 0.15) is 102 Å². The number of anilines is 4. The Balaban J connectivity index is 0.000000143. The van der Waals surface area contributed by atoms with Gasteiger partial charge in [0.05, 0.1) is 13.1 Å². The van der Waals surface area contributed by atoms with Crippen molar-refractivity contribution in [1.82, 2.24) is 44.1 Å². The van der Waals surface area contributed by atoms with E-state index < -0.39 is 63.2 Å². The molecule has 8 aliphatic rings. The van der Waals surface area contributed by atoms with Gasteiger partial charge in [0.25, 0.3) is 29.4 Å². The van der Waals surface area contributed by atoms with Crippen molar-refractivity contribution in [3.05, 3.63) is 56.6 Å². The number of H-pyrrole nitrogens is 1. The Bertz CT molecular complexity index is 3000. The van der Waals surface area contributed by atoms with Crippen LogP contribution in [0.25, 0.3) is 0 Å². The number of halogens is 7. The summed E-state index contributed by atoms with van der Waals surface area (Å²) in [5.74, 6) is 0.581. The fraction of sp³-hybridized carbons (Fsp3) is 0.686. The molecule has 3 saturated heterocycles. The van der Waals surface area contributed by atoms with Crippen LogP contribution < -0.4 is 10.6 Å². The van der Waals surface area contributed by atoms with Gasteiger partial charge < -0.3 is 15.4 Å². The molecule has 0 bridgehead atoms. The molecule has 0 amide bonds. The van der Waals surface area contributed by atoms with E-state index in [0.29, 0.717) is 38.6 Å². The van der Waals surface area contributed by atoms with Crippen molar-refractivity contribution in [3.8, 4) is 0 Å². The lowest BCUT2D eigenvalue weighted by molar-refractivity contribution is -0.145. The molecule has 26 heteroatoms. The van der Waals surface area contributed by atoms with Crippen molar-refractivity contribution >= 4 is 61.1 Å². The third-order valence-electron chi connectivity index (χ3n) is 16.8. The molecule has 2 aromatic heterocycles. The van der Waals surface area contributed by atoms with E-state index in [1.54, 1.807) is 4.90 Å². The molecule has 4 aromatic rings. The van der Waals surface area contributed by atoms with Crippen molar-refractivity contribution in [2.45, 2.75) is 164 Å². The Morgan fingerprint density at radius 1 is 0.675 bits per heavy atom. The van der Waals surface area contributed by atoms with Gasteiger partial charge in [-0.3, -0.25) is 9.80 Å². The first kappa shape index (κ1) is 56.4. The number of hydrogen-bond acceptors (Lipinski definition) is 13. The summed E-state index contributed by atoms with van der Waals surface area (Å²) in [7, 11) is -3.62. The normalized spacial score (nSPS) is 20.8. The number of hydrogen-bond donors (Lipinski definition) is 3. The van der Waals surface area contributed by atoms with Crippen molar-refractivity contribution in [2.75, 3.05) is 69.6 Å². The number of nitrogens with one attached hydrogen (secondary N) is 3. The van der Waals surface area contributed by atoms with Crippen LogP contribution in [0.3, 0.4) is 0 Å². The van der Waals surface area contributed by atoms with Gasteiger partial charge in [-0.25, -0.2) is 26.6 Å². The van der Waals surface area contributed by atoms with Gasteiger partial charge in [-0.1, -0.05) is 38.2 Å². The van der Waals surface area contributed by atoms with Gasteiger partial charge in [0.1, 0.15) is 6.73 Å². The quantitative estimate of drug-likeness (QED) is 0.0470. The van der Waals surface area contributed by atoms with Gasteiger partial charge >= 0.3 is 12.4 Å². The minimum atomic E-state index is -4.25. The van der Waals surface area contributed by atoms with E-state index in [2.05, 4.69) is 67.7 Å². The number of fused-ring (bicyclic) bond motifs is 4. The third-order valence-corrected chi connectivity index (χ3v) is 21.2. The van der Waals surface area contributed by atoms with Gasteiger partial charge in [0.2, 0.25) is 11.9 Å². The summed E-state index contributed by atoms with van der Waals surface area (Å²) in [6.45, 7) is 8.22. The smallest absolute Gasteiger partial charge is 0.359 e. The number of sulfonamides is 1. The fourth-order valence-corrected chi connectivity index (χ4v) is 15.7. The van der Waals surface area contributed by atoms with Crippen LogP contribution in [0, 0.1) is 10.8 Å². The Morgan fingerprint density at radius 3 is 1.62 bits per heavy atom. The second kappa shape index (κ2) is 21.6. The summed E-state index contributed by atoms with van der Waals surface area (Å²) >= 11 is 0. The standard InChI is InChI=1S/C22H27F3N6O2S.C20H29ClN4O3SSi.C9H14F3N/c23-22(24,25)13-30-8-7-21(10-30)11-31(12-21)34(32,33)20-27-19(28-29-20)26-18-16-5-1-3-14(16)9-15-4-2-6-17(15)18;1-30(2,3)11-10-28-13-25-19(23-20(24-25)29(21,26)27)22-18-16-8-4-6-14(16)12-15-7-5-9-17(15)18;10-9(11,12)7-13-5-4-8(6-13)2-1-3-8/h9H,1-8,10-13H2,(H2,26,27,28,29);12H,4-11,13H2,1-3H3,(H,22,23,24);1-7H2. The van der Waals surface area contributed by atoms with E-state index in [1.165, 1.54) is 64.8 Å². The summed E-state index contributed by atoms with van der Waals surface area (Å²) in [6, 6.07) is 5.70. The molecule has 4 fully saturated rings. The zero-order chi connectivity index (χ0) is 54.8. The number of benzene rings is 2. The number of alkyl halides is 6. The molecule has 16 nitrogen and oxygen atoms in total. The van der Waals surface area contributed by atoms with E-state index in [0.717, 1.165) is 114 Å². The lowest BCUT2D eigenvalue weighted by Gasteiger charge is -2.46. The molecule has 2 spiro atoms. The first-order valence-electron chi connectivity index (χ1n) is 27.1. The number of aryl methyl sites for hydroxylation is 4. The first-order chi connectivity index (χ1) is 36.2. The van der Waals surface area contributed by atoms with Gasteiger partial charge in [0, 0.05) is 68.3 Å². The number of ether oxygens (including phenoxy) is 1. The van der Waals surface area contributed by atoms with Crippen LogP contribution in [0.2, 0.25) is 25.7 Å². The average Bonchev–Trinajstić information content (AvgIpc) is 4.18. The van der Waals surface area contributed by atoms with Crippen molar-refractivity contribution in [3.63, 3.8) is 0 Å². The summed E-state index contributed by atoms with van der Waals surface area (Å²) < 4.78 is 133. The zero-order valence-corrected chi connectivity index (χ0v) is 47.4. The van der Waals surface area contributed by atoms with Crippen LogP contribution >= 0.6 is 10.7 Å². The van der Waals surface area contributed by atoms with Crippen LogP contribution in [-0.2, 0) is 81.9 Å². The molecule has 77 heavy (non-hydrogen) atoms. The summed E-state index contributed by atoms with van der Waals surface area (Å²) in [5.41, 5.74) is 12.7. The van der Waals surface area contributed by atoms with E-state index in [-0.39, 0.29) is 42.9 Å². The zero-order valence-electron chi connectivity index (χ0n) is 44.0. The van der Waals surface area contributed by atoms with Crippen LogP contribution in [0.15, 0.2) is 22.4 Å². The summed E-state index contributed by atoms with van der Waals surface area (Å²) in [4.78, 5) is 11.4. The van der Waals surface area contributed by atoms with Gasteiger partial charge in [-0.2, -0.15) is 40.6 Å². The molecular weight excluding hydrogens is 1090 g/mol. The van der Waals surface area contributed by atoms with Gasteiger partial charge in [-0.15, -0.1) is 10.2 Å². The third kappa shape index (κ3) is 13.0.